The third-order valence-corrected chi connectivity index (χ3v) is 3.78. The SMILES string of the molecule is COc1c(C)ccc(-c2ccccc2)c1C(O)C(C)(C)C. The number of benzene rings is 2. The first-order chi connectivity index (χ1) is 9.86. The highest BCUT2D eigenvalue weighted by Gasteiger charge is 2.30. The molecule has 0 aromatic heterocycles. The fourth-order valence-corrected chi connectivity index (χ4v) is 2.55. The van der Waals surface area contributed by atoms with Crippen molar-refractivity contribution in [3.8, 4) is 16.9 Å². The minimum Gasteiger partial charge on any atom is -0.496 e. The summed E-state index contributed by atoms with van der Waals surface area (Å²) in [6, 6.07) is 14.2. The van der Waals surface area contributed by atoms with E-state index in [1.807, 2.05) is 52.0 Å². The summed E-state index contributed by atoms with van der Waals surface area (Å²) in [6.07, 6.45) is -0.595. The van der Waals surface area contributed by atoms with E-state index in [1.54, 1.807) is 7.11 Å². The Labute approximate surface area is 127 Å². The Bertz CT molecular complexity index is 609. The zero-order chi connectivity index (χ0) is 15.6. The van der Waals surface area contributed by atoms with Gasteiger partial charge in [0.2, 0.25) is 0 Å². The molecule has 112 valence electrons. The summed E-state index contributed by atoms with van der Waals surface area (Å²) >= 11 is 0. The molecular weight excluding hydrogens is 260 g/mol. The summed E-state index contributed by atoms with van der Waals surface area (Å²) in [6.45, 7) is 8.11. The molecule has 0 aliphatic heterocycles. The molecule has 0 saturated heterocycles. The maximum Gasteiger partial charge on any atom is 0.128 e. The van der Waals surface area contributed by atoms with Crippen LogP contribution in [0.3, 0.4) is 0 Å². The zero-order valence-corrected chi connectivity index (χ0v) is 13.5. The van der Waals surface area contributed by atoms with Gasteiger partial charge in [0.1, 0.15) is 5.75 Å². The molecule has 2 heteroatoms. The molecule has 0 amide bonds. The van der Waals surface area contributed by atoms with Crippen molar-refractivity contribution in [2.45, 2.75) is 33.8 Å². The Morgan fingerprint density at radius 2 is 1.62 bits per heavy atom. The van der Waals surface area contributed by atoms with Crippen molar-refractivity contribution in [2.75, 3.05) is 7.11 Å². The second-order valence-corrected chi connectivity index (χ2v) is 6.51. The Kier molecular flexibility index (Phi) is 4.38. The highest BCUT2D eigenvalue weighted by molar-refractivity contribution is 5.72. The van der Waals surface area contributed by atoms with Gasteiger partial charge in [-0.05, 0) is 29.0 Å². The monoisotopic (exact) mass is 284 g/mol. The largest absolute Gasteiger partial charge is 0.496 e. The number of aliphatic hydroxyl groups excluding tert-OH is 1. The Morgan fingerprint density at radius 3 is 2.14 bits per heavy atom. The van der Waals surface area contributed by atoms with E-state index in [1.165, 1.54) is 0 Å². The van der Waals surface area contributed by atoms with Crippen molar-refractivity contribution >= 4 is 0 Å². The normalized spacial score (nSPS) is 13.0. The van der Waals surface area contributed by atoms with Crippen LogP contribution in [0.4, 0.5) is 0 Å². The number of hydrogen-bond acceptors (Lipinski definition) is 2. The van der Waals surface area contributed by atoms with E-state index in [0.29, 0.717) is 0 Å². The van der Waals surface area contributed by atoms with E-state index in [0.717, 1.165) is 28.0 Å². The van der Waals surface area contributed by atoms with Crippen LogP contribution in [0.1, 0.15) is 38.0 Å². The number of methoxy groups -OCH3 is 1. The molecule has 0 bridgehead atoms. The van der Waals surface area contributed by atoms with E-state index < -0.39 is 6.10 Å². The van der Waals surface area contributed by atoms with E-state index in [9.17, 15) is 5.11 Å². The maximum absolute atomic E-state index is 10.9. The minimum absolute atomic E-state index is 0.259. The van der Waals surface area contributed by atoms with Gasteiger partial charge >= 0.3 is 0 Å². The molecule has 0 fully saturated rings. The van der Waals surface area contributed by atoms with E-state index in [4.69, 9.17) is 4.74 Å². The van der Waals surface area contributed by atoms with Crippen LogP contribution >= 0.6 is 0 Å². The molecule has 1 unspecified atom stereocenters. The lowest BCUT2D eigenvalue weighted by Gasteiger charge is -2.30. The third-order valence-electron chi connectivity index (χ3n) is 3.78. The van der Waals surface area contributed by atoms with Crippen LogP contribution in [0.5, 0.6) is 5.75 Å². The number of rotatable bonds is 3. The van der Waals surface area contributed by atoms with Gasteiger partial charge in [0.25, 0.3) is 0 Å². The fraction of sp³-hybridized carbons (Fsp3) is 0.368. The molecule has 1 atom stereocenters. The van der Waals surface area contributed by atoms with Crippen molar-refractivity contribution in [1.82, 2.24) is 0 Å². The second kappa shape index (κ2) is 5.90. The van der Waals surface area contributed by atoms with E-state index in [-0.39, 0.29) is 5.41 Å². The van der Waals surface area contributed by atoms with Crippen molar-refractivity contribution in [1.29, 1.82) is 0 Å². The molecule has 0 aliphatic rings. The lowest BCUT2D eigenvalue weighted by Crippen LogP contribution is -2.19. The second-order valence-electron chi connectivity index (χ2n) is 6.51. The molecule has 0 saturated carbocycles. The van der Waals surface area contributed by atoms with Crippen LogP contribution in [-0.2, 0) is 0 Å². The summed E-state index contributed by atoms with van der Waals surface area (Å²) in [7, 11) is 1.66. The van der Waals surface area contributed by atoms with Crippen LogP contribution in [-0.4, -0.2) is 12.2 Å². The molecule has 2 aromatic carbocycles. The molecule has 0 aliphatic carbocycles. The first-order valence-electron chi connectivity index (χ1n) is 7.27. The molecule has 21 heavy (non-hydrogen) atoms. The van der Waals surface area contributed by atoms with Crippen molar-refractivity contribution < 1.29 is 9.84 Å². The summed E-state index contributed by atoms with van der Waals surface area (Å²) < 4.78 is 5.59. The number of ether oxygens (including phenoxy) is 1. The van der Waals surface area contributed by atoms with Gasteiger partial charge in [0.05, 0.1) is 13.2 Å². The topological polar surface area (TPSA) is 29.5 Å². The number of aryl methyl sites for hydroxylation is 1. The first-order valence-corrected chi connectivity index (χ1v) is 7.27. The highest BCUT2D eigenvalue weighted by atomic mass is 16.5. The molecule has 2 rings (SSSR count). The smallest absolute Gasteiger partial charge is 0.128 e. The van der Waals surface area contributed by atoms with Crippen molar-refractivity contribution in [2.24, 2.45) is 5.41 Å². The van der Waals surface area contributed by atoms with Gasteiger partial charge in [0.15, 0.2) is 0 Å². The van der Waals surface area contributed by atoms with Gasteiger partial charge in [-0.1, -0.05) is 63.2 Å². The van der Waals surface area contributed by atoms with Crippen LogP contribution in [0.15, 0.2) is 42.5 Å². The lowest BCUT2D eigenvalue weighted by atomic mass is 9.80. The average molecular weight is 284 g/mol. The Morgan fingerprint density at radius 1 is 1.00 bits per heavy atom. The van der Waals surface area contributed by atoms with Gasteiger partial charge < -0.3 is 9.84 Å². The molecular formula is C19H24O2. The van der Waals surface area contributed by atoms with Gasteiger partial charge in [0, 0.05) is 5.56 Å². The first kappa shape index (κ1) is 15.6. The zero-order valence-electron chi connectivity index (χ0n) is 13.5. The van der Waals surface area contributed by atoms with Gasteiger partial charge in [-0.25, -0.2) is 0 Å². The third kappa shape index (κ3) is 3.11. The number of hydrogen-bond donors (Lipinski definition) is 1. The molecule has 0 spiro atoms. The van der Waals surface area contributed by atoms with Crippen LogP contribution < -0.4 is 4.74 Å². The molecule has 0 heterocycles. The van der Waals surface area contributed by atoms with Crippen molar-refractivity contribution in [3.05, 3.63) is 53.6 Å². The number of aliphatic hydroxyl groups is 1. The van der Waals surface area contributed by atoms with Gasteiger partial charge in [-0.15, -0.1) is 0 Å². The van der Waals surface area contributed by atoms with Crippen LogP contribution in [0, 0.1) is 12.3 Å². The Hall–Kier alpha value is -1.80. The predicted molar refractivity (Wildman–Crippen MR) is 87.6 cm³/mol. The predicted octanol–water partition coefficient (Wildman–Crippen LogP) is 4.75. The molecule has 2 aromatic rings. The summed E-state index contributed by atoms with van der Waals surface area (Å²) in [5.74, 6) is 0.777. The summed E-state index contributed by atoms with van der Waals surface area (Å²) in [5.41, 5.74) is 3.77. The van der Waals surface area contributed by atoms with Crippen LogP contribution in [0.2, 0.25) is 0 Å². The van der Waals surface area contributed by atoms with E-state index >= 15 is 0 Å². The van der Waals surface area contributed by atoms with Gasteiger partial charge in [-0.3, -0.25) is 0 Å². The van der Waals surface area contributed by atoms with E-state index in [2.05, 4.69) is 18.2 Å². The maximum atomic E-state index is 10.9. The fourth-order valence-electron chi connectivity index (χ4n) is 2.55. The average Bonchev–Trinajstić information content (AvgIpc) is 2.46. The van der Waals surface area contributed by atoms with Gasteiger partial charge in [-0.2, -0.15) is 0 Å². The molecule has 1 N–H and O–H groups in total. The quantitative estimate of drug-likeness (QED) is 0.881. The van der Waals surface area contributed by atoms with Crippen molar-refractivity contribution in [3.63, 3.8) is 0 Å². The minimum atomic E-state index is -0.595. The molecule has 0 radical (unpaired) electrons. The molecule has 2 nitrogen and oxygen atoms in total. The Balaban J connectivity index is 2.72. The highest BCUT2D eigenvalue weighted by Crippen LogP contribution is 2.44. The summed E-state index contributed by atoms with van der Waals surface area (Å²) in [4.78, 5) is 0. The standard InChI is InChI=1S/C19H24O2/c1-13-11-12-15(14-9-7-6-8-10-14)16(17(13)21-5)18(20)19(2,3)4/h6-12,18,20H,1-5H3. The van der Waals surface area contributed by atoms with Crippen LogP contribution in [0.25, 0.3) is 11.1 Å². The lowest BCUT2D eigenvalue weighted by molar-refractivity contribution is 0.0608. The summed E-state index contributed by atoms with van der Waals surface area (Å²) in [5, 5.41) is 10.9.